The van der Waals surface area contributed by atoms with Gasteiger partial charge >= 0.3 is 0 Å². The molecule has 17 heavy (non-hydrogen) atoms. The normalized spacial score (nSPS) is 26.6. The van der Waals surface area contributed by atoms with Crippen molar-refractivity contribution in [2.45, 2.75) is 32.0 Å². The fourth-order valence-corrected chi connectivity index (χ4v) is 2.08. The molecule has 0 spiro atoms. The number of aliphatic hydroxyl groups is 1. The van der Waals surface area contributed by atoms with Gasteiger partial charge in [-0.2, -0.15) is 0 Å². The zero-order valence-corrected chi connectivity index (χ0v) is 9.93. The van der Waals surface area contributed by atoms with Crippen LogP contribution in [0.2, 0.25) is 0 Å². The molecule has 2 N–H and O–H groups in total. The van der Waals surface area contributed by atoms with E-state index >= 15 is 0 Å². The molecule has 5 nitrogen and oxygen atoms in total. The lowest BCUT2D eigenvalue weighted by atomic mass is 10.2. The van der Waals surface area contributed by atoms with Gasteiger partial charge in [-0.25, -0.2) is 0 Å². The molecular formula is C12H18N2O3. The number of nitrogens with one attached hydrogen (secondary N) is 1. The molecule has 0 bridgehead atoms. The first-order valence-electron chi connectivity index (χ1n) is 5.88. The third-order valence-electron chi connectivity index (χ3n) is 3.09. The Morgan fingerprint density at radius 3 is 3.12 bits per heavy atom. The Bertz CT molecular complexity index is 364. The minimum absolute atomic E-state index is 0.107. The van der Waals surface area contributed by atoms with E-state index in [4.69, 9.17) is 4.42 Å². The third kappa shape index (κ3) is 2.87. The summed E-state index contributed by atoms with van der Waals surface area (Å²) < 4.78 is 5.28. The summed E-state index contributed by atoms with van der Waals surface area (Å²) in [6, 6.07) is 3.37. The summed E-state index contributed by atoms with van der Waals surface area (Å²) in [6.07, 6.45) is 2.49. The van der Waals surface area contributed by atoms with Crippen LogP contribution < -0.4 is 5.32 Å². The highest BCUT2D eigenvalue weighted by atomic mass is 16.3. The Morgan fingerprint density at radius 1 is 1.65 bits per heavy atom. The van der Waals surface area contributed by atoms with Crippen molar-refractivity contribution in [2.24, 2.45) is 0 Å². The van der Waals surface area contributed by atoms with E-state index in [2.05, 4.69) is 5.32 Å². The van der Waals surface area contributed by atoms with E-state index in [0.717, 1.165) is 18.7 Å². The third-order valence-corrected chi connectivity index (χ3v) is 3.09. The largest absolute Gasteiger partial charge is 0.468 e. The van der Waals surface area contributed by atoms with Crippen LogP contribution in [0, 0.1) is 0 Å². The van der Waals surface area contributed by atoms with Crippen molar-refractivity contribution in [3.63, 3.8) is 0 Å². The predicted molar refractivity (Wildman–Crippen MR) is 62.2 cm³/mol. The minimum Gasteiger partial charge on any atom is -0.468 e. The fourth-order valence-electron chi connectivity index (χ4n) is 2.08. The second-order valence-electron chi connectivity index (χ2n) is 4.45. The van der Waals surface area contributed by atoms with E-state index in [1.807, 2.05) is 24.0 Å². The molecule has 0 radical (unpaired) electrons. The Kier molecular flexibility index (Phi) is 3.81. The fraction of sp³-hybridized carbons (Fsp3) is 0.583. The van der Waals surface area contributed by atoms with Gasteiger partial charge in [-0.3, -0.25) is 9.69 Å². The lowest BCUT2D eigenvalue weighted by Crippen LogP contribution is -2.47. The highest BCUT2D eigenvalue weighted by Crippen LogP contribution is 2.13. The molecule has 0 saturated carbocycles. The first kappa shape index (κ1) is 12.1. The van der Waals surface area contributed by atoms with Gasteiger partial charge in [-0.1, -0.05) is 0 Å². The maximum atomic E-state index is 11.9. The number of furan rings is 1. The summed E-state index contributed by atoms with van der Waals surface area (Å²) in [5.41, 5.74) is 0. The van der Waals surface area contributed by atoms with Gasteiger partial charge in [-0.05, 0) is 25.5 Å². The van der Waals surface area contributed by atoms with Crippen LogP contribution in [-0.4, -0.2) is 41.1 Å². The number of carbonyl (C=O) groups is 1. The van der Waals surface area contributed by atoms with Crippen LogP contribution in [0.15, 0.2) is 22.8 Å². The molecule has 1 saturated heterocycles. The summed E-state index contributed by atoms with van der Waals surface area (Å²) >= 11 is 0. The molecule has 1 aromatic rings. The molecule has 1 fully saturated rings. The van der Waals surface area contributed by atoms with Crippen molar-refractivity contribution in [1.82, 2.24) is 10.2 Å². The van der Waals surface area contributed by atoms with E-state index in [0.29, 0.717) is 6.54 Å². The zero-order valence-electron chi connectivity index (χ0n) is 9.93. The van der Waals surface area contributed by atoms with Crippen molar-refractivity contribution in [2.75, 3.05) is 13.2 Å². The molecule has 1 aliphatic rings. The second kappa shape index (κ2) is 5.33. The average Bonchev–Trinajstić information content (AvgIpc) is 2.74. The van der Waals surface area contributed by atoms with Crippen LogP contribution >= 0.6 is 0 Å². The summed E-state index contributed by atoms with van der Waals surface area (Å²) in [5, 5.41) is 12.2. The van der Waals surface area contributed by atoms with Crippen LogP contribution in [0.1, 0.15) is 19.1 Å². The number of carbonyl (C=O) groups excluding carboxylic acids is 1. The van der Waals surface area contributed by atoms with E-state index in [1.54, 1.807) is 6.26 Å². The number of aliphatic hydroxyl groups excluding tert-OH is 1. The van der Waals surface area contributed by atoms with Crippen molar-refractivity contribution < 1.29 is 14.3 Å². The predicted octanol–water partition coefficient (Wildman–Crippen LogP) is 0.351. The first-order chi connectivity index (χ1) is 8.20. The summed E-state index contributed by atoms with van der Waals surface area (Å²) in [5.74, 6) is 0.704. The van der Waals surface area contributed by atoms with Gasteiger partial charge < -0.3 is 14.8 Å². The van der Waals surface area contributed by atoms with Crippen LogP contribution in [-0.2, 0) is 11.3 Å². The smallest absolute Gasteiger partial charge is 0.239 e. The average molecular weight is 238 g/mol. The Labute approximate surface area is 100 Å². The van der Waals surface area contributed by atoms with E-state index in [9.17, 15) is 9.90 Å². The molecule has 2 rings (SSSR count). The minimum atomic E-state index is -0.481. The molecule has 5 heteroatoms. The molecule has 2 heterocycles. The highest BCUT2D eigenvalue weighted by molar-refractivity contribution is 5.82. The molecule has 94 valence electrons. The molecule has 1 amide bonds. The lowest BCUT2D eigenvalue weighted by molar-refractivity contribution is -0.127. The molecule has 2 atom stereocenters. The highest BCUT2D eigenvalue weighted by Gasteiger charge is 2.29. The SMILES string of the molecule is CC1CCN(Cc2ccco2)C(CO)C(=O)N1. The number of rotatable bonds is 3. The summed E-state index contributed by atoms with van der Waals surface area (Å²) in [6.45, 7) is 3.13. The van der Waals surface area contributed by atoms with Gasteiger partial charge in [0.25, 0.3) is 0 Å². The van der Waals surface area contributed by atoms with Gasteiger partial charge in [0.1, 0.15) is 11.8 Å². The number of amides is 1. The van der Waals surface area contributed by atoms with Crippen LogP contribution in [0.5, 0.6) is 0 Å². The lowest BCUT2D eigenvalue weighted by Gasteiger charge is -2.25. The van der Waals surface area contributed by atoms with Crippen molar-refractivity contribution in [3.8, 4) is 0 Å². The quantitative estimate of drug-likeness (QED) is 0.797. The van der Waals surface area contributed by atoms with Crippen molar-refractivity contribution in [1.29, 1.82) is 0 Å². The molecule has 0 aromatic carbocycles. The van der Waals surface area contributed by atoms with Crippen molar-refractivity contribution >= 4 is 5.91 Å². The standard InChI is InChI=1S/C12H18N2O3/c1-9-4-5-14(7-10-3-2-6-17-10)11(8-15)12(16)13-9/h2-3,6,9,11,15H,4-5,7-8H2,1H3,(H,13,16). The monoisotopic (exact) mass is 238 g/mol. The Hall–Kier alpha value is -1.33. The summed E-state index contributed by atoms with van der Waals surface area (Å²) in [7, 11) is 0. The topological polar surface area (TPSA) is 65.7 Å². The van der Waals surface area contributed by atoms with Gasteiger partial charge in [-0.15, -0.1) is 0 Å². The maximum absolute atomic E-state index is 11.9. The van der Waals surface area contributed by atoms with Gasteiger partial charge in [0.2, 0.25) is 5.91 Å². The van der Waals surface area contributed by atoms with Crippen LogP contribution in [0.25, 0.3) is 0 Å². The van der Waals surface area contributed by atoms with Crippen molar-refractivity contribution in [3.05, 3.63) is 24.2 Å². The number of nitrogens with zero attached hydrogens (tertiary/aromatic N) is 1. The summed E-state index contributed by atoms with van der Waals surface area (Å²) in [4.78, 5) is 13.8. The molecular weight excluding hydrogens is 220 g/mol. The maximum Gasteiger partial charge on any atom is 0.239 e. The molecule has 2 unspecified atom stereocenters. The Balaban J connectivity index is 2.09. The second-order valence-corrected chi connectivity index (χ2v) is 4.45. The van der Waals surface area contributed by atoms with Gasteiger partial charge in [0.05, 0.1) is 19.4 Å². The number of hydrogen-bond donors (Lipinski definition) is 2. The molecule has 1 aromatic heterocycles. The van der Waals surface area contributed by atoms with Gasteiger partial charge in [0, 0.05) is 12.6 Å². The molecule has 1 aliphatic heterocycles. The van der Waals surface area contributed by atoms with Crippen LogP contribution in [0.4, 0.5) is 0 Å². The first-order valence-corrected chi connectivity index (χ1v) is 5.88. The van der Waals surface area contributed by atoms with E-state index < -0.39 is 6.04 Å². The zero-order chi connectivity index (χ0) is 12.3. The van der Waals surface area contributed by atoms with Crippen LogP contribution in [0.3, 0.4) is 0 Å². The number of hydrogen-bond acceptors (Lipinski definition) is 4. The van der Waals surface area contributed by atoms with Gasteiger partial charge in [0.15, 0.2) is 0 Å². The molecule has 0 aliphatic carbocycles. The van der Waals surface area contributed by atoms with E-state index in [1.165, 1.54) is 0 Å². The van der Waals surface area contributed by atoms with E-state index in [-0.39, 0.29) is 18.6 Å². The Morgan fingerprint density at radius 2 is 2.47 bits per heavy atom.